The number of hydrogen-bond donors (Lipinski definition) is 2. The second-order valence-corrected chi connectivity index (χ2v) is 6.30. The third-order valence-electron chi connectivity index (χ3n) is 4.04. The number of hydrogen-bond acceptors (Lipinski definition) is 1. The molecular formula is C15H17BrN2O. The van der Waals surface area contributed by atoms with E-state index in [1.54, 1.807) is 0 Å². The molecule has 2 aliphatic carbocycles. The summed E-state index contributed by atoms with van der Waals surface area (Å²) < 4.78 is 1.01. The average Bonchev–Trinajstić information content (AvgIpc) is 3.01. The average molecular weight is 321 g/mol. The van der Waals surface area contributed by atoms with Gasteiger partial charge in [0.1, 0.15) is 0 Å². The molecule has 0 radical (unpaired) electrons. The lowest BCUT2D eigenvalue weighted by molar-refractivity contribution is 0.249. The third-order valence-corrected chi connectivity index (χ3v) is 4.57. The van der Waals surface area contributed by atoms with Gasteiger partial charge >= 0.3 is 6.03 Å². The zero-order chi connectivity index (χ0) is 13.2. The fourth-order valence-corrected chi connectivity index (χ4v) is 3.33. The van der Waals surface area contributed by atoms with Gasteiger partial charge in [-0.05, 0) is 54.9 Å². The number of fused-ring (bicyclic) bond motifs is 2. The molecule has 2 bridgehead atoms. The summed E-state index contributed by atoms with van der Waals surface area (Å²) in [6.07, 6.45) is 7.14. The number of nitrogens with one attached hydrogen (secondary N) is 2. The maximum atomic E-state index is 11.8. The Hall–Kier alpha value is -1.29. The molecule has 2 aliphatic rings. The Labute approximate surface area is 121 Å². The van der Waals surface area contributed by atoms with Gasteiger partial charge in [0.05, 0.1) is 0 Å². The number of allylic oxidation sites excluding steroid dienone is 2. The first-order valence-corrected chi connectivity index (χ1v) is 7.49. The van der Waals surface area contributed by atoms with Crippen LogP contribution in [0.15, 0.2) is 40.9 Å². The van der Waals surface area contributed by atoms with Crippen molar-refractivity contribution in [1.82, 2.24) is 5.32 Å². The molecule has 0 aliphatic heterocycles. The molecule has 0 spiro atoms. The second-order valence-electron chi connectivity index (χ2n) is 5.38. The molecule has 3 atom stereocenters. The molecule has 3 rings (SSSR count). The molecule has 100 valence electrons. The van der Waals surface area contributed by atoms with Gasteiger partial charge in [0.25, 0.3) is 0 Å². The van der Waals surface area contributed by atoms with Crippen molar-refractivity contribution in [2.45, 2.75) is 12.8 Å². The number of carbonyl (C=O) groups excluding carboxylic acids is 1. The highest BCUT2D eigenvalue weighted by Gasteiger charge is 2.35. The molecule has 1 aromatic carbocycles. The zero-order valence-corrected chi connectivity index (χ0v) is 12.2. The van der Waals surface area contributed by atoms with Gasteiger partial charge in [-0.15, -0.1) is 0 Å². The van der Waals surface area contributed by atoms with Crippen LogP contribution in [0.3, 0.4) is 0 Å². The van der Waals surface area contributed by atoms with Crippen LogP contribution in [0.2, 0.25) is 0 Å². The van der Waals surface area contributed by atoms with E-state index in [1.165, 1.54) is 12.8 Å². The van der Waals surface area contributed by atoms with Gasteiger partial charge in [-0.3, -0.25) is 0 Å². The SMILES string of the molecule is O=C(NCC1CC2C=CC1C2)Nc1ccc(Br)cc1. The first-order chi connectivity index (χ1) is 9.20. The molecule has 1 saturated carbocycles. The minimum Gasteiger partial charge on any atom is -0.338 e. The summed E-state index contributed by atoms with van der Waals surface area (Å²) in [7, 11) is 0. The van der Waals surface area contributed by atoms with Crippen LogP contribution in [-0.2, 0) is 0 Å². The maximum Gasteiger partial charge on any atom is 0.319 e. The summed E-state index contributed by atoms with van der Waals surface area (Å²) in [5, 5.41) is 5.83. The predicted octanol–water partition coefficient (Wildman–Crippen LogP) is 3.78. The summed E-state index contributed by atoms with van der Waals surface area (Å²) in [4.78, 5) is 11.8. The Bertz CT molecular complexity index is 497. The lowest BCUT2D eigenvalue weighted by Crippen LogP contribution is -2.34. The van der Waals surface area contributed by atoms with Crippen LogP contribution in [0.1, 0.15) is 12.8 Å². The van der Waals surface area contributed by atoms with Crippen molar-refractivity contribution in [3.63, 3.8) is 0 Å². The van der Waals surface area contributed by atoms with Crippen molar-refractivity contribution in [3.8, 4) is 0 Å². The van der Waals surface area contributed by atoms with Crippen molar-refractivity contribution in [2.75, 3.05) is 11.9 Å². The normalized spacial score (nSPS) is 27.5. The fraction of sp³-hybridized carbons (Fsp3) is 0.400. The van der Waals surface area contributed by atoms with E-state index in [0.29, 0.717) is 11.8 Å². The number of anilines is 1. The van der Waals surface area contributed by atoms with Gasteiger partial charge in [-0.25, -0.2) is 4.79 Å². The largest absolute Gasteiger partial charge is 0.338 e. The van der Waals surface area contributed by atoms with Gasteiger partial charge < -0.3 is 10.6 Å². The zero-order valence-electron chi connectivity index (χ0n) is 10.6. The minimum atomic E-state index is -0.117. The quantitative estimate of drug-likeness (QED) is 0.817. The van der Waals surface area contributed by atoms with Crippen molar-refractivity contribution < 1.29 is 4.79 Å². The van der Waals surface area contributed by atoms with E-state index in [0.717, 1.165) is 22.6 Å². The van der Waals surface area contributed by atoms with Crippen molar-refractivity contribution in [1.29, 1.82) is 0 Å². The molecule has 2 N–H and O–H groups in total. The van der Waals surface area contributed by atoms with E-state index in [1.807, 2.05) is 24.3 Å². The number of amides is 2. The molecule has 4 heteroatoms. The topological polar surface area (TPSA) is 41.1 Å². The van der Waals surface area contributed by atoms with E-state index in [9.17, 15) is 4.79 Å². The third kappa shape index (κ3) is 3.00. The smallest absolute Gasteiger partial charge is 0.319 e. The highest BCUT2D eigenvalue weighted by molar-refractivity contribution is 9.10. The van der Waals surface area contributed by atoms with E-state index >= 15 is 0 Å². The molecule has 19 heavy (non-hydrogen) atoms. The van der Waals surface area contributed by atoms with E-state index in [-0.39, 0.29) is 6.03 Å². The van der Waals surface area contributed by atoms with Crippen LogP contribution >= 0.6 is 15.9 Å². The highest BCUT2D eigenvalue weighted by atomic mass is 79.9. The number of rotatable bonds is 3. The molecule has 1 aromatic rings. The number of halogens is 1. The molecule has 1 fully saturated rings. The van der Waals surface area contributed by atoms with Crippen LogP contribution in [0.5, 0.6) is 0 Å². The maximum absolute atomic E-state index is 11.8. The Morgan fingerprint density at radius 2 is 2.00 bits per heavy atom. The Morgan fingerprint density at radius 3 is 2.63 bits per heavy atom. The predicted molar refractivity (Wildman–Crippen MR) is 80.0 cm³/mol. The summed E-state index contributed by atoms with van der Waals surface area (Å²) in [5.74, 6) is 2.05. The van der Waals surface area contributed by atoms with Crippen LogP contribution in [0.4, 0.5) is 10.5 Å². The lowest BCUT2D eigenvalue weighted by atomic mass is 9.94. The van der Waals surface area contributed by atoms with Crippen LogP contribution in [-0.4, -0.2) is 12.6 Å². The van der Waals surface area contributed by atoms with Crippen molar-refractivity contribution >= 4 is 27.6 Å². The van der Waals surface area contributed by atoms with E-state index in [2.05, 4.69) is 38.7 Å². The summed E-state index contributed by atoms with van der Waals surface area (Å²) >= 11 is 3.37. The van der Waals surface area contributed by atoms with Gasteiger partial charge in [0.2, 0.25) is 0 Å². The summed E-state index contributed by atoms with van der Waals surface area (Å²) in [6.45, 7) is 0.772. The first-order valence-electron chi connectivity index (χ1n) is 6.69. The molecule has 2 amide bonds. The highest BCUT2D eigenvalue weighted by Crippen LogP contribution is 2.42. The standard InChI is InChI=1S/C15H17BrN2O/c16-13-3-5-14(6-4-13)18-15(19)17-9-12-8-10-1-2-11(12)7-10/h1-6,10-12H,7-9H2,(H2,17,18,19). The van der Waals surface area contributed by atoms with Crippen LogP contribution in [0.25, 0.3) is 0 Å². The van der Waals surface area contributed by atoms with Crippen molar-refractivity contribution in [2.24, 2.45) is 17.8 Å². The number of carbonyl (C=O) groups is 1. The second kappa shape index (κ2) is 5.37. The van der Waals surface area contributed by atoms with Gasteiger partial charge in [0, 0.05) is 16.7 Å². The summed E-state index contributed by atoms with van der Waals surface area (Å²) in [5.41, 5.74) is 0.813. The Balaban J connectivity index is 1.47. The lowest BCUT2D eigenvalue weighted by Gasteiger charge is -2.18. The number of benzene rings is 1. The van der Waals surface area contributed by atoms with Gasteiger partial charge in [0.15, 0.2) is 0 Å². The Kier molecular flexibility index (Phi) is 3.60. The van der Waals surface area contributed by atoms with E-state index < -0.39 is 0 Å². The molecular weight excluding hydrogens is 304 g/mol. The van der Waals surface area contributed by atoms with Crippen LogP contribution < -0.4 is 10.6 Å². The Morgan fingerprint density at radius 1 is 1.21 bits per heavy atom. The van der Waals surface area contributed by atoms with Gasteiger partial charge in [-0.2, -0.15) is 0 Å². The van der Waals surface area contributed by atoms with E-state index in [4.69, 9.17) is 0 Å². The monoisotopic (exact) mass is 320 g/mol. The van der Waals surface area contributed by atoms with Crippen LogP contribution in [0, 0.1) is 17.8 Å². The molecule has 0 heterocycles. The minimum absolute atomic E-state index is 0.117. The molecule has 3 unspecified atom stereocenters. The fourth-order valence-electron chi connectivity index (χ4n) is 3.06. The number of urea groups is 1. The molecule has 3 nitrogen and oxygen atoms in total. The molecule has 0 saturated heterocycles. The van der Waals surface area contributed by atoms with Gasteiger partial charge in [-0.1, -0.05) is 28.1 Å². The van der Waals surface area contributed by atoms with Crippen molar-refractivity contribution in [3.05, 3.63) is 40.9 Å². The molecule has 0 aromatic heterocycles. The summed E-state index contributed by atoms with van der Waals surface area (Å²) in [6, 6.07) is 7.47. The first kappa shape index (κ1) is 12.7.